The number of aromatic nitrogens is 2. The molecule has 0 unspecified atom stereocenters. The first kappa shape index (κ1) is 17.4. The fraction of sp³-hybridized carbons (Fsp3) is 0.143. The van der Waals surface area contributed by atoms with Gasteiger partial charge in [0.2, 0.25) is 5.91 Å². The maximum atomic E-state index is 12.7. The summed E-state index contributed by atoms with van der Waals surface area (Å²) in [6.07, 6.45) is 0. The van der Waals surface area contributed by atoms with Gasteiger partial charge in [-0.15, -0.1) is 0 Å². The number of carbonyl (C=O) groups is 1. The number of methoxy groups -OCH3 is 1. The highest BCUT2D eigenvalue weighted by molar-refractivity contribution is 8.00. The molecule has 0 spiro atoms. The van der Waals surface area contributed by atoms with Gasteiger partial charge >= 0.3 is 0 Å². The Morgan fingerprint density at radius 2 is 1.96 bits per heavy atom. The predicted octanol–water partition coefficient (Wildman–Crippen LogP) is 4.84. The molecular formula is C21H19N3O2S. The summed E-state index contributed by atoms with van der Waals surface area (Å²) < 4.78 is 5.23. The van der Waals surface area contributed by atoms with E-state index in [0.29, 0.717) is 5.16 Å². The molecule has 6 heteroatoms. The number of rotatable bonds is 5. The van der Waals surface area contributed by atoms with Gasteiger partial charge in [-0.25, -0.2) is 4.98 Å². The lowest BCUT2D eigenvalue weighted by Crippen LogP contribution is -2.22. The maximum absolute atomic E-state index is 12.7. The van der Waals surface area contributed by atoms with Crippen molar-refractivity contribution >= 4 is 45.2 Å². The summed E-state index contributed by atoms with van der Waals surface area (Å²) in [6.45, 7) is 1.87. The van der Waals surface area contributed by atoms with Gasteiger partial charge in [-0.3, -0.25) is 4.79 Å². The average molecular weight is 377 g/mol. The van der Waals surface area contributed by atoms with Gasteiger partial charge in [0.05, 0.1) is 23.4 Å². The molecular weight excluding hydrogens is 358 g/mol. The molecule has 0 bridgehead atoms. The number of nitrogens with one attached hydrogen (secondary N) is 2. The van der Waals surface area contributed by atoms with Gasteiger partial charge in [0.15, 0.2) is 5.16 Å². The van der Waals surface area contributed by atoms with Crippen LogP contribution >= 0.6 is 11.8 Å². The maximum Gasteiger partial charge on any atom is 0.237 e. The summed E-state index contributed by atoms with van der Waals surface area (Å²) >= 11 is 1.40. The van der Waals surface area contributed by atoms with Crippen LogP contribution < -0.4 is 10.1 Å². The molecule has 2 N–H and O–H groups in total. The van der Waals surface area contributed by atoms with Gasteiger partial charge in [-0.2, -0.15) is 0 Å². The molecule has 1 aromatic heterocycles. The number of thioether (sulfide) groups is 1. The molecule has 1 heterocycles. The number of hydrogen-bond acceptors (Lipinski definition) is 4. The SMILES string of the molecule is COc1ccc2nc(S[C@@H](C)C(=O)Nc3cccc4ccccc34)[nH]c2c1. The van der Waals surface area contributed by atoms with E-state index >= 15 is 0 Å². The Bertz CT molecular complexity index is 1120. The van der Waals surface area contributed by atoms with Crippen LogP contribution in [0.5, 0.6) is 5.75 Å². The van der Waals surface area contributed by atoms with E-state index in [9.17, 15) is 4.79 Å². The predicted molar refractivity (Wildman–Crippen MR) is 111 cm³/mol. The van der Waals surface area contributed by atoms with Crippen molar-refractivity contribution in [3.05, 3.63) is 60.7 Å². The molecule has 0 aliphatic rings. The van der Waals surface area contributed by atoms with Gasteiger partial charge in [0.1, 0.15) is 5.75 Å². The van der Waals surface area contributed by atoms with Crippen molar-refractivity contribution in [3.8, 4) is 5.75 Å². The molecule has 5 nitrogen and oxygen atoms in total. The number of ether oxygens (including phenoxy) is 1. The van der Waals surface area contributed by atoms with E-state index in [0.717, 1.165) is 33.2 Å². The molecule has 0 radical (unpaired) electrons. The third kappa shape index (κ3) is 3.61. The average Bonchev–Trinajstić information content (AvgIpc) is 3.09. The van der Waals surface area contributed by atoms with Crippen LogP contribution in [0.4, 0.5) is 5.69 Å². The third-order valence-electron chi connectivity index (χ3n) is 4.37. The number of benzene rings is 3. The first-order valence-electron chi connectivity index (χ1n) is 8.63. The van der Waals surface area contributed by atoms with E-state index in [1.807, 2.05) is 67.6 Å². The second-order valence-corrected chi connectivity index (χ2v) is 7.53. The van der Waals surface area contributed by atoms with Crippen molar-refractivity contribution < 1.29 is 9.53 Å². The van der Waals surface area contributed by atoms with Crippen LogP contribution in [0.15, 0.2) is 65.8 Å². The van der Waals surface area contributed by atoms with Gasteiger partial charge < -0.3 is 15.0 Å². The first-order chi connectivity index (χ1) is 13.1. The van der Waals surface area contributed by atoms with Crippen molar-refractivity contribution in [3.63, 3.8) is 0 Å². The van der Waals surface area contributed by atoms with Gasteiger partial charge in [-0.05, 0) is 30.5 Å². The van der Waals surface area contributed by atoms with E-state index in [1.165, 1.54) is 11.8 Å². The third-order valence-corrected chi connectivity index (χ3v) is 5.36. The van der Waals surface area contributed by atoms with Crippen molar-refractivity contribution in [2.45, 2.75) is 17.3 Å². The van der Waals surface area contributed by atoms with E-state index < -0.39 is 0 Å². The van der Waals surface area contributed by atoms with E-state index in [2.05, 4.69) is 15.3 Å². The molecule has 0 aliphatic heterocycles. The molecule has 0 fully saturated rings. The molecule has 0 saturated heterocycles. The number of H-pyrrole nitrogens is 1. The minimum Gasteiger partial charge on any atom is -0.497 e. The minimum atomic E-state index is -0.300. The standard InChI is InChI=1S/C21H19N3O2S/c1-13(27-21-23-18-11-10-15(26-2)12-19(18)24-21)20(25)22-17-9-5-7-14-6-3-4-8-16(14)17/h3-13H,1-2H3,(H,22,25)(H,23,24)/t13-/m0/s1. The second-order valence-electron chi connectivity index (χ2n) is 6.20. The Kier molecular flexibility index (Phi) is 4.73. The minimum absolute atomic E-state index is 0.0608. The summed E-state index contributed by atoms with van der Waals surface area (Å²) in [5, 5.41) is 5.57. The van der Waals surface area contributed by atoms with Crippen molar-refractivity contribution in [1.29, 1.82) is 0 Å². The molecule has 0 saturated carbocycles. The number of anilines is 1. The van der Waals surface area contributed by atoms with Crippen LogP contribution in [-0.2, 0) is 4.79 Å². The van der Waals surface area contributed by atoms with Crippen LogP contribution in [0.3, 0.4) is 0 Å². The lowest BCUT2D eigenvalue weighted by atomic mass is 10.1. The van der Waals surface area contributed by atoms with Gasteiger partial charge in [0.25, 0.3) is 0 Å². The van der Waals surface area contributed by atoms with Gasteiger partial charge in [0, 0.05) is 17.1 Å². The highest BCUT2D eigenvalue weighted by Gasteiger charge is 2.17. The van der Waals surface area contributed by atoms with Crippen LogP contribution in [0.2, 0.25) is 0 Å². The summed E-state index contributed by atoms with van der Waals surface area (Å²) in [4.78, 5) is 20.5. The number of amides is 1. The largest absolute Gasteiger partial charge is 0.497 e. The Labute approximate surface area is 161 Å². The Morgan fingerprint density at radius 1 is 1.15 bits per heavy atom. The molecule has 0 aliphatic carbocycles. The van der Waals surface area contributed by atoms with E-state index in [-0.39, 0.29) is 11.2 Å². The zero-order valence-electron chi connectivity index (χ0n) is 15.0. The Hall–Kier alpha value is -2.99. The summed E-state index contributed by atoms with van der Waals surface area (Å²) in [5.74, 6) is 0.707. The van der Waals surface area contributed by atoms with E-state index in [1.54, 1.807) is 7.11 Å². The number of fused-ring (bicyclic) bond motifs is 2. The monoisotopic (exact) mass is 377 g/mol. The number of carbonyl (C=O) groups excluding carboxylic acids is 1. The molecule has 4 rings (SSSR count). The second kappa shape index (κ2) is 7.32. The molecule has 4 aromatic rings. The van der Waals surface area contributed by atoms with Crippen LogP contribution in [0.1, 0.15) is 6.92 Å². The smallest absolute Gasteiger partial charge is 0.237 e. The van der Waals surface area contributed by atoms with Crippen LogP contribution in [-0.4, -0.2) is 28.2 Å². The number of aromatic amines is 1. The fourth-order valence-electron chi connectivity index (χ4n) is 2.94. The van der Waals surface area contributed by atoms with Crippen LogP contribution in [0, 0.1) is 0 Å². The van der Waals surface area contributed by atoms with E-state index in [4.69, 9.17) is 4.74 Å². The van der Waals surface area contributed by atoms with Gasteiger partial charge in [-0.1, -0.05) is 48.2 Å². The molecule has 3 aromatic carbocycles. The molecule has 1 amide bonds. The Balaban J connectivity index is 1.50. The molecule has 1 atom stereocenters. The first-order valence-corrected chi connectivity index (χ1v) is 9.51. The summed E-state index contributed by atoms with van der Waals surface area (Å²) in [7, 11) is 1.63. The molecule has 136 valence electrons. The van der Waals surface area contributed by atoms with Crippen LogP contribution in [0.25, 0.3) is 21.8 Å². The zero-order chi connectivity index (χ0) is 18.8. The number of nitrogens with zero attached hydrogens (tertiary/aromatic N) is 1. The highest BCUT2D eigenvalue weighted by Crippen LogP contribution is 2.28. The lowest BCUT2D eigenvalue weighted by Gasteiger charge is -2.12. The topological polar surface area (TPSA) is 67.0 Å². The normalized spacial score (nSPS) is 12.2. The fourth-order valence-corrected chi connectivity index (χ4v) is 3.76. The molecule has 27 heavy (non-hydrogen) atoms. The van der Waals surface area contributed by atoms with Crippen molar-refractivity contribution in [2.24, 2.45) is 0 Å². The zero-order valence-corrected chi connectivity index (χ0v) is 15.8. The number of hydrogen-bond donors (Lipinski definition) is 2. The summed E-state index contributed by atoms with van der Waals surface area (Å²) in [6, 6.07) is 19.6. The number of imidazole rings is 1. The quantitative estimate of drug-likeness (QED) is 0.488. The van der Waals surface area contributed by atoms with Crippen molar-refractivity contribution in [1.82, 2.24) is 9.97 Å². The summed E-state index contributed by atoms with van der Waals surface area (Å²) in [5.41, 5.74) is 2.55. The van der Waals surface area contributed by atoms with Crippen molar-refractivity contribution in [2.75, 3.05) is 12.4 Å². The lowest BCUT2D eigenvalue weighted by molar-refractivity contribution is -0.115. The highest BCUT2D eigenvalue weighted by atomic mass is 32.2. The Morgan fingerprint density at radius 3 is 2.81 bits per heavy atom.